The van der Waals surface area contributed by atoms with Gasteiger partial charge in [-0.25, -0.2) is 4.98 Å². The smallest absolute Gasteiger partial charge is 0.225 e. The summed E-state index contributed by atoms with van der Waals surface area (Å²) in [5, 5.41) is 4.78. The molecule has 23 heavy (non-hydrogen) atoms. The number of hydrogen-bond acceptors (Lipinski definition) is 6. The molecule has 2 amide bonds. The molecule has 126 valence electrons. The molecule has 3 heterocycles. The highest BCUT2D eigenvalue weighted by Gasteiger charge is 2.34. The van der Waals surface area contributed by atoms with E-state index >= 15 is 0 Å². The van der Waals surface area contributed by atoms with Crippen molar-refractivity contribution in [1.29, 1.82) is 0 Å². The van der Waals surface area contributed by atoms with Crippen LogP contribution in [0.3, 0.4) is 0 Å². The van der Waals surface area contributed by atoms with Crippen LogP contribution in [0.25, 0.3) is 0 Å². The van der Waals surface area contributed by atoms with Crippen molar-refractivity contribution in [3.05, 3.63) is 16.6 Å². The lowest BCUT2D eigenvalue weighted by molar-refractivity contribution is -0.129. The van der Waals surface area contributed by atoms with Gasteiger partial charge in [-0.15, -0.1) is 11.3 Å². The number of ether oxygens (including phenoxy) is 1. The molecule has 1 aromatic rings. The average molecular weight is 338 g/mol. The molecule has 7 nitrogen and oxygen atoms in total. The molecule has 3 rings (SSSR count). The molecule has 8 heteroatoms. The number of thiazole rings is 1. The van der Waals surface area contributed by atoms with E-state index in [1.54, 1.807) is 5.51 Å². The van der Waals surface area contributed by atoms with E-state index in [1.807, 2.05) is 10.3 Å². The quantitative estimate of drug-likeness (QED) is 0.787. The molecule has 0 radical (unpaired) electrons. The van der Waals surface area contributed by atoms with E-state index in [1.165, 1.54) is 11.3 Å². The number of morpholine rings is 1. The second-order valence-corrected chi connectivity index (χ2v) is 6.61. The summed E-state index contributed by atoms with van der Waals surface area (Å²) in [4.78, 5) is 32.5. The van der Waals surface area contributed by atoms with Crippen molar-refractivity contribution in [2.75, 3.05) is 45.9 Å². The Hall–Kier alpha value is -1.51. The monoisotopic (exact) mass is 338 g/mol. The van der Waals surface area contributed by atoms with Crippen molar-refractivity contribution in [2.24, 2.45) is 5.92 Å². The third-order valence-corrected chi connectivity index (χ3v) is 4.94. The number of aromatic nitrogens is 1. The van der Waals surface area contributed by atoms with Crippen LogP contribution in [-0.4, -0.2) is 72.5 Å². The van der Waals surface area contributed by atoms with E-state index < -0.39 is 0 Å². The Morgan fingerprint density at radius 1 is 1.39 bits per heavy atom. The summed E-state index contributed by atoms with van der Waals surface area (Å²) in [6, 6.07) is 0. The zero-order valence-electron chi connectivity index (χ0n) is 13.1. The highest BCUT2D eigenvalue weighted by molar-refractivity contribution is 7.07. The van der Waals surface area contributed by atoms with Gasteiger partial charge in [0, 0.05) is 44.5 Å². The van der Waals surface area contributed by atoms with Crippen LogP contribution in [0.4, 0.5) is 0 Å². The number of carbonyl (C=O) groups is 2. The number of rotatable bonds is 6. The predicted octanol–water partition coefficient (Wildman–Crippen LogP) is -0.0600. The molecule has 0 spiro atoms. The summed E-state index contributed by atoms with van der Waals surface area (Å²) >= 11 is 1.51. The minimum Gasteiger partial charge on any atom is -0.379 e. The van der Waals surface area contributed by atoms with Crippen molar-refractivity contribution in [3.8, 4) is 0 Å². The zero-order chi connectivity index (χ0) is 16.1. The van der Waals surface area contributed by atoms with Crippen LogP contribution in [0.1, 0.15) is 12.1 Å². The molecular formula is C15H22N4O3S. The van der Waals surface area contributed by atoms with E-state index in [9.17, 15) is 9.59 Å². The van der Waals surface area contributed by atoms with Crippen LogP contribution in [0.15, 0.2) is 10.9 Å². The fourth-order valence-corrected chi connectivity index (χ4v) is 3.46. The largest absolute Gasteiger partial charge is 0.379 e. The Morgan fingerprint density at radius 3 is 2.96 bits per heavy atom. The van der Waals surface area contributed by atoms with Gasteiger partial charge in [0.1, 0.15) is 0 Å². The molecule has 0 saturated carbocycles. The van der Waals surface area contributed by atoms with E-state index in [0.717, 1.165) is 38.5 Å². The van der Waals surface area contributed by atoms with Gasteiger partial charge in [0.2, 0.25) is 11.8 Å². The molecule has 0 bridgehead atoms. The van der Waals surface area contributed by atoms with Gasteiger partial charge in [0.25, 0.3) is 0 Å². The zero-order valence-corrected chi connectivity index (χ0v) is 13.9. The minimum absolute atomic E-state index is 0.0553. The van der Waals surface area contributed by atoms with Crippen molar-refractivity contribution >= 4 is 23.2 Å². The fraction of sp³-hybridized carbons (Fsp3) is 0.667. The van der Waals surface area contributed by atoms with Gasteiger partial charge in [-0.1, -0.05) is 0 Å². The standard InChI is InChI=1S/C15H22N4O3S/c20-14-7-12(15(21)16-8-13-10-23-11-17-13)9-19(14)2-1-18-3-5-22-6-4-18/h10-12H,1-9H2,(H,16,21). The number of likely N-dealkylation sites (tertiary alicyclic amines) is 1. The van der Waals surface area contributed by atoms with Gasteiger partial charge in [-0.3, -0.25) is 14.5 Å². The maximum atomic E-state index is 12.2. The normalized spacial score (nSPS) is 22.5. The summed E-state index contributed by atoms with van der Waals surface area (Å²) in [5.41, 5.74) is 2.60. The van der Waals surface area contributed by atoms with Crippen molar-refractivity contribution in [2.45, 2.75) is 13.0 Å². The van der Waals surface area contributed by atoms with Gasteiger partial charge >= 0.3 is 0 Å². The first-order chi connectivity index (χ1) is 11.2. The van der Waals surface area contributed by atoms with Crippen molar-refractivity contribution in [1.82, 2.24) is 20.1 Å². The van der Waals surface area contributed by atoms with Crippen molar-refractivity contribution in [3.63, 3.8) is 0 Å². The molecular weight excluding hydrogens is 316 g/mol. The molecule has 2 fully saturated rings. The molecule has 1 atom stereocenters. The Kier molecular flexibility index (Phi) is 5.58. The summed E-state index contributed by atoms with van der Waals surface area (Å²) in [6.45, 7) is 5.84. The Labute approximate surface area is 139 Å². The lowest BCUT2D eigenvalue weighted by atomic mass is 10.1. The summed E-state index contributed by atoms with van der Waals surface area (Å²) < 4.78 is 5.32. The van der Waals surface area contributed by atoms with Gasteiger partial charge in [-0.05, 0) is 0 Å². The van der Waals surface area contributed by atoms with Gasteiger partial charge < -0.3 is 15.0 Å². The van der Waals surface area contributed by atoms with Crippen LogP contribution in [0, 0.1) is 5.92 Å². The number of hydrogen-bond donors (Lipinski definition) is 1. The second kappa shape index (κ2) is 7.85. The van der Waals surface area contributed by atoms with E-state index in [0.29, 0.717) is 26.1 Å². The third-order valence-electron chi connectivity index (χ3n) is 4.30. The SMILES string of the molecule is O=C(NCc1cscn1)C1CC(=O)N(CCN2CCOCC2)C1. The maximum Gasteiger partial charge on any atom is 0.225 e. The highest BCUT2D eigenvalue weighted by atomic mass is 32.1. The number of amides is 2. The summed E-state index contributed by atoms with van der Waals surface area (Å²) in [5.74, 6) is -0.224. The van der Waals surface area contributed by atoms with Gasteiger partial charge in [0.05, 0.1) is 36.9 Å². The minimum atomic E-state index is -0.245. The first-order valence-corrected chi connectivity index (χ1v) is 8.89. The molecule has 1 aromatic heterocycles. The first-order valence-electron chi connectivity index (χ1n) is 7.95. The maximum absolute atomic E-state index is 12.2. The topological polar surface area (TPSA) is 74.8 Å². The molecule has 2 aliphatic heterocycles. The predicted molar refractivity (Wildman–Crippen MR) is 85.9 cm³/mol. The molecule has 2 aliphatic rings. The Balaban J connectivity index is 1.42. The number of carbonyl (C=O) groups excluding carboxylic acids is 2. The number of nitrogens with one attached hydrogen (secondary N) is 1. The Bertz CT molecular complexity index is 531. The van der Waals surface area contributed by atoms with E-state index in [2.05, 4.69) is 15.2 Å². The van der Waals surface area contributed by atoms with Crippen LogP contribution >= 0.6 is 11.3 Å². The average Bonchev–Trinajstić information content (AvgIpc) is 3.21. The van der Waals surface area contributed by atoms with Gasteiger partial charge in [-0.2, -0.15) is 0 Å². The highest BCUT2D eigenvalue weighted by Crippen LogP contribution is 2.18. The number of nitrogens with zero attached hydrogens (tertiary/aromatic N) is 3. The molecule has 1 unspecified atom stereocenters. The van der Waals surface area contributed by atoms with E-state index in [-0.39, 0.29) is 17.7 Å². The molecule has 2 saturated heterocycles. The molecule has 0 aromatic carbocycles. The van der Waals surface area contributed by atoms with E-state index in [4.69, 9.17) is 4.74 Å². The summed E-state index contributed by atoms with van der Waals surface area (Å²) in [6.07, 6.45) is 0.312. The lowest BCUT2D eigenvalue weighted by Gasteiger charge is -2.28. The first kappa shape index (κ1) is 16.4. The second-order valence-electron chi connectivity index (χ2n) is 5.89. The van der Waals surface area contributed by atoms with Crippen LogP contribution in [-0.2, 0) is 20.9 Å². The van der Waals surface area contributed by atoms with Gasteiger partial charge in [0.15, 0.2) is 0 Å². The van der Waals surface area contributed by atoms with Crippen molar-refractivity contribution < 1.29 is 14.3 Å². The van der Waals surface area contributed by atoms with Crippen LogP contribution in [0.5, 0.6) is 0 Å². The van der Waals surface area contributed by atoms with Crippen LogP contribution in [0.2, 0.25) is 0 Å². The molecule has 1 N–H and O–H groups in total. The third kappa shape index (κ3) is 4.49. The summed E-state index contributed by atoms with van der Waals surface area (Å²) in [7, 11) is 0. The molecule has 0 aliphatic carbocycles. The lowest BCUT2D eigenvalue weighted by Crippen LogP contribution is -2.42. The fourth-order valence-electron chi connectivity index (χ4n) is 2.90. The Morgan fingerprint density at radius 2 is 2.22 bits per heavy atom. The van der Waals surface area contributed by atoms with Crippen LogP contribution < -0.4 is 5.32 Å².